The highest BCUT2D eigenvalue weighted by molar-refractivity contribution is 5.73. The lowest BCUT2D eigenvalue weighted by Gasteiger charge is -2.12. The number of carbonyl (C=O) groups is 1. The largest absolute Gasteiger partial charge is 0.574 e. The van der Waals surface area contributed by atoms with E-state index in [2.05, 4.69) is 14.5 Å². The Kier molecular flexibility index (Phi) is 5.23. The minimum absolute atomic E-state index is 0.0310. The number of rotatable bonds is 5. The number of hydrogen-bond acceptors (Lipinski definition) is 4. The molecule has 0 aliphatic heterocycles. The van der Waals surface area contributed by atoms with E-state index in [-0.39, 0.29) is 12.2 Å². The fourth-order valence-corrected chi connectivity index (χ4v) is 1.40. The molecule has 0 unspecified atom stereocenters. The first-order valence-electron chi connectivity index (χ1n) is 5.42. The van der Waals surface area contributed by atoms with Crippen molar-refractivity contribution in [2.24, 2.45) is 0 Å². The van der Waals surface area contributed by atoms with Crippen LogP contribution in [0, 0.1) is 5.95 Å². The van der Waals surface area contributed by atoms with Gasteiger partial charge in [-0.2, -0.15) is 9.37 Å². The topological polar surface area (TPSA) is 48.4 Å². The van der Waals surface area contributed by atoms with Gasteiger partial charge in [0, 0.05) is 11.6 Å². The number of hydrogen-bond donors (Lipinski definition) is 0. The third kappa shape index (κ3) is 4.63. The van der Waals surface area contributed by atoms with Gasteiger partial charge in [-0.05, 0) is 12.5 Å². The van der Waals surface area contributed by atoms with Crippen LogP contribution in [0.3, 0.4) is 0 Å². The van der Waals surface area contributed by atoms with Crippen molar-refractivity contribution in [3.05, 3.63) is 23.1 Å². The molecule has 1 aromatic heterocycles. The number of ether oxygens (including phenoxy) is 2. The first-order valence-corrected chi connectivity index (χ1v) is 5.42. The van der Waals surface area contributed by atoms with Crippen LogP contribution in [0.25, 0.3) is 0 Å². The average Bonchev–Trinajstić information content (AvgIpc) is 2.26. The van der Waals surface area contributed by atoms with Gasteiger partial charge < -0.3 is 9.47 Å². The zero-order valence-corrected chi connectivity index (χ0v) is 10.3. The molecule has 1 rings (SSSR count). The molecule has 112 valence electrons. The average molecular weight is 299 g/mol. The molecular formula is C11H10F5NO3. The van der Waals surface area contributed by atoms with E-state index in [1.807, 2.05) is 0 Å². The fourth-order valence-electron chi connectivity index (χ4n) is 1.40. The highest BCUT2D eigenvalue weighted by Crippen LogP contribution is 2.25. The van der Waals surface area contributed by atoms with Crippen LogP contribution in [0.5, 0.6) is 5.88 Å². The number of halogens is 5. The Balaban J connectivity index is 3.09. The maximum Gasteiger partial charge on any atom is 0.574 e. The zero-order chi connectivity index (χ0) is 15.3. The van der Waals surface area contributed by atoms with Crippen molar-refractivity contribution in [1.29, 1.82) is 0 Å². The van der Waals surface area contributed by atoms with Gasteiger partial charge in [0.2, 0.25) is 11.8 Å². The molecule has 0 aliphatic carbocycles. The molecule has 1 aromatic rings. The first kappa shape index (κ1) is 16.1. The summed E-state index contributed by atoms with van der Waals surface area (Å²) in [5, 5.41) is 0. The minimum Gasteiger partial charge on any atom is -0.466 e. The second-order valence-corrected chi connectivity index (χ2v) is 3.55. The van der Waals surface area contributed by atoms with Crippen molar-refractivity contribution in [3.63, 3.8) is 0 Å². The second-order valence-electron chi connectivity index (χ2n) is 3.55. The molecule has 0 atom stereocenters. The highest BCUT2D eigenvalue weighted by Gasteiger charge is 2.32. The number of nitrogens with zero attached hydrogens (tertiary/aromatic N) is 1. The normalized spacial score (nSPS) is 11.3. The summed E-state index contributed by atoms with van der Waals surface area (Å²) in [6.07, 6.45) is -5.65. The summed E-state index contributed by atoms with van der Waals surface area (Å²) in [6, 6.07) is 0.655. The first-order chi connectivity index (χ1) is 9.26. The van der Waals surface area contributed by atoms with E-state index >= 15 is 0 Å². The molecule has 0 radical (unpaired) electrons. The summed E-state index contributed by atoms with van der Waals surface area (Å²) >= 11 is 0. The summed E-state index contributed by atoms with van der Waals surface area (Å²) in [5.74, 6) is -3.40. The van der Waals surface area contributed by atoms with Gasteiger partial charge >= 0.3 is 12.3 Å². The van der Waals surface area contributed by atoms with E-state index in [1.165, 1.54) is 6.92 Å². The lowest BCUT2D eigenvalue weighted by molar-refractivity contribution is -0.276. The Hall–Kier alpha value is -1.93. The van der Waals surface area contributed by atoms with E-state index < -0.39 is 42.8 Å². The molecule has 0 bridgehead atoms. The van der Waals surface area contributed by atoms with Gasteiger partial charge in [0.1, 0.15) is 6.67 Å². The quantitative estimate of drug-likeness (QED) is 0.476. The molecule has 9 heteroatoms. The summed E-state index contributed by atoms with van der Waals surface area (Å²) < 4.78 is 70.1. The van der Waals surface area contributed by atoms with E-state index in [0.29, 0.717) is 6.07 Å². The van der Waals surface area contributed by atoms with Gasteiger partial charge in [0.15, 0.2) is 0 Å². The Morgan fingerprint density at radius 2 is 2.05 bits per heavy atom. The van der Waals surface area contributed by atoms with Crippen LogP contribution in [-0.2, 0) is 22.6 Å². The maximum atomic E-state index is 13.4. The van der Waals surface area contributed by atoms with Crippen LogP contribution in [0.15, 0.2) is 6.07 Å². The Bertz CT molecular complexity index is 490. The summed E-state index contributed by atoms with van der Waals surface area (Å²) in [5.41, 5.74) is -0.912. The van der Waals surface area contributed by atoms with Crippen LogP contribution >= 0.6 is 0 Å². The van der Waals surface area contributed by atoms with Gasteiger partial charge in [0.05, 0.1) is 13.0 Å². The van der Waals surface area contributed by atoms with Gasteiger partial charge in [-0.3, -0.25) is 4.79 Å². The molecule has 0 spiro atoms. The van der Waals surface area contributed by atoms with Crippen LogP contribution in [0.2, 0.25) is 0 Å². The van der Waals surface area contributed by atoms with Gasteiger partial charge in [-0.15, -0.1) is 13.2 Å². The molecule has 0 saturated carbocycles. The number of aromatic nitrogens is 1. The maximum absolute atomic E-state index is 13.4. The predicted octanol–water partition coefficient (Wildman–Crippen LogP) is 2.69. The van der Waals surface area contributed by atoms with Crippen molar-refractivity contribution < 1.29 is 36.2 Å². The van der Waals surface area contributed by atoms with E-state index in [0.717, 1.165) is 0 Å². The van der Waals surface area contributed by atoms with Crippen molar-refractivity contribution in [2.45, 2.75) is 26.4 Å². The number of carbonyl (C=O) groups excluding carboxylic acids is 1. The van der Waals surface area contributed by atoms with Crippen LogP contribution in [-0.4, -0.2) is 23.9 Å². The molecule has 0 aromatic carbocycles. The Labute approximate surface area is 110 Å². The molecule has 0 aliphatic rings. The fraction of sp³-hybridized carbons (Fsp3) is 0.455. The molecule has 1 heterocycles. The number of esters is 1. The smallest absolute Gasteiger partial charge is 0.466 e. The molecular weight excluding hydrogens is 289 g/mol. The molecule has 20 heavy (non-hydrogen) atoms. The van der Waals surface area contributed by atoms with Crippen LogP contribution in [0.4, 0.5) is 22.0 Å². The summed E-state index contributed by atoms with van der Waals surface area (Å²) in [7, 11) is 0. The molecule has 0 saturated heterocycles. The molecule has 0 N–H and O–H groups in total. The van der Waals surface area contributed by atoms with Crippen molar-refractivity contribution >= 4 is 5.97 Å². The SMILES string of the molecule is CCOC(=O)Cc1cc(OC(F)(F)F)nc(F)c1CF. The van der Waals surface area contributed by atoms with Crippen LogP contribution < -0.4 is 4.74 Å². The van der Waals surface area contributed by atoms with E-state index in [9.17, 15) is 26.7 Å². The zero-order valence-electron chi connectivity index (χ0n) is 10.3. The molecule has 0 amide bonds. The predicted molar refractivity (Wildman–Crippen MR) is 56.0 cm³/mol. The minimum atomic E-state index is -5.07. The summed E-state index contributed by atoms with van der Waals surface area (Å²) in [4.78, 5) is 14.1. The third-order valence-corrected chi connectivity index (χ3v) is 2.14. The van der Waals surface area contributed by atoms with Crippen molar-refractivity contribution in [1.82, 2.24) is 4.98 Å². The second kappa shape index (κ2) is 6.49. The van der Waals surface area contributed by atoms with E-state index in [4.69, 9.17) is 0 Å². The third-order valence-electron chi connectivity index (χ3n) is 2.14. The number of pyridine rings is 1. The monoisotopic (exact) mass is 299 g/mol. The summed E-state index contributed by atoms with van der Waals surface area (Å²) in [6.45, 7) is 0.225. The standard InChI is InChI=1S/C11H10F5NO3/c1-2-19-9(18)4-6-3-8(20-11(14,15)16)17-10(13)7(6)5-12/h3H,2,4-5H2,1H3. The van der Waals surface area contributed by atoms with Crippen molar-refractivity contribution in [2.75, 3.05) is 6.61 Å². The lowest BCUT2D eigenvalue weighted by atomic mass is 10.1. The van der Waals surface area contributed by atoms with Crippen molar-refractivity contribution in [3.8, 4) is 5.88 Å². The lowest BCUT2D eigenvalue weighted by Crippen LogP contribution is -2.19. The number of alkyl halides is 4. The van der Waals surface area contributed by atoms with E-state index in [1.54, 1.807) is 0 Å². The Morgan fingerprint density at radius 1 is 1.40 bits per heavy atom. The Morgan fingerprint density at radius 3 is 2.55 bits per heavy atom. The van der Waals surface area contributed by atoms with Gasteiger partial charge in [-0.25, -0.2) is 4.39 Å². The van der Waals surface area contributed by atoms with Crippen LogP contribution in [0.1, 0.15) is 18.1 Å². The van der Waals surface area contributed by atoms with Gasteiger partial charge in [-0.1, -0.05) is 0 Å². The molecule has 0 fully saturated rings. The van der Waals surface area contributed by atoms with Gasteiger partial charge in [0.25, 0.3) is 0 Å². The molecule has 4 nitrogen and oxygen atoms in total. The highest BCUT2D eigenvalue weighted by atomic mass is 19.4.